The lowest BCUT2D eigenvalue weighted by Gasteiger charge is -2.19. The van der Waals surface area contributed by atoms with Crippen molar-refractivity contribution >= 4 is 17.2 Å². The van der Waals surface area contributed by atoms with Crippen LogP contribution in [-0.4, -0.2) is 24.3 Å². The summed E-state index contributed by atoms with van der Waals surface area (Å²) in [4.78, 5) is 23.8. The first-order chi connectivity index (χ1) is 8.49. The Kier molecular flexibility index (Phi) is 3.32. The predicted molar refractivity (Wildman–Crippen MR) is 69.1 cm³/mol. The fraction of sp³-hybridized carbons (Fsp3) is 0.462. The van der Waals surface area contributed by atoms with Crippen molar-refractivity contribution in [2.75, 3.05) is 18.5 Å². The lowest BCUT2D eigenvalue weighted by atomic mass is 10.1. The second-order valence-electron chi connectivity index (χ2n) is 4.84. The van der Waals surface area contributed by atoms with Crippen LogP contribution in [0, 0.1) is 16.0 Å². The molecule has 0 radical (unpaired) electrons. The summed E-state index contributed by atoms with van der Waals surface area (Å²) in [5.41, 5.74) is 0.920. The largest absolute Gasteiger partial charge is 0.374 e. The first-order valence-corrected chi connectivity index (χ1v) is 5.99. The zero-order valence-electron chi connectivity index (χ0n) is 10.5. The smallest absolute Gasteiger partial charge is 0.280 e. The van der Waals surface area contributed by atoms with Gasteiger partial charge in [0.2, 0.25) is 0 Å². The van der Waals surface area contributed by atoms with Gasteiger partial charge in [0.25, 0.3) is 5.69 Å². The highest BCUT2D eigenvalue weighted by molar-refractivity contribution is 5.99. The van der Waals surface area contributed by atoms with Crippen molar-refractivity contribution in [2.24, 2.45) is 5.92 Å². The Hall–Kier alpha value is -1.91. The van der Waals surface area contributed by atoms with Gasteiger partial charge in [-0.2, -0.15) is 0 Å². The minimum Gasteiger partial charge on any atom is -0.374 e. The van der Waals surface area contributed by atoms with E-state index in [9.17, 15) is 14.9 Å². The van der Waals surface area contributed by atoms with Crippen LogP contribution in [0.1, 0.15) is 30.1 Å². The van der Waals surface area contributed by atoms with E-state index in [0.29, 0.717) is 0 Å². The first-order valence-electron chi connectivity index (χ1n) is 5.99. The summed E-state index contributed by atoms with van der Waals surface area (Å²) in [5.74, 6) is 0.453. The summed E-state index contributed by atoms with van der Waals surface area (Å²) in [6.07, 6.45) is 2.49. The van der Waals surface area contributed by atoms with Crippen molar-refractivity contribution in [1.29, 1.82) is 0 Å². The van der Waals surface area contributed by atoms with Crippen LogP contribution in [0.25, 0.3) is 0 Å². The normalized spacial score (nSPS) is 14.3. The molecule has 0 amide bonds. The zero-order chi connectivity index (χ0) is 13.3. The van der Waals surface area contributed by atoms with E-state index in [1.54, 1.807) is 12.1 Å². The van der Waals surface area contributed by atoms with Crippen molar-refractivity contribution in [3.05, 3.63) is 33.9 Å². The van der Waals surface area contributed by atoms with Gasteiger partial charge in [0.05, 0.1) is 10.5 Å². The molecule has 5 heteroatoms. The van der Waals surface area contributed by atoms with Gasteiger partial charge in [-0.15, -0.1) is 0 Å². The molecule has 1 saturated carbocycles. The van der Waals surface area contributed by atoms with Gasteiger partial charge in [-0.1, -0.05) is 0 Å². The summed E-state index contributed by atoms with van der Waals surface area (Å²) >= 11 is 0. The number of benzene rings is 1. The number of nitrogens with zero attached hydrogens (tertiary/aromatic N) is 2. The maximum Gasteiger partial charge on any atom is 0.280 e. The maximum atomic E-state index is 11.5. The summed E-state index contributed by atoms with van der Waals surface area (Å²) in [6.45, 7) is 2.29. The third kappa shape index (κ3) is 2.67. The second-order valence-corrected chi connectivity index (χ2v) is 4.84. The topological polar surface area (TPSA) is 63.5 Å². The minimum atomic E-state index is -0.512. The molecule has 0 aliphatic heterocycles. The molecule has 0 bridgehead atoms. The third-order valence-corrected chi connectivity index (χ3v) is 3.23. The number of hydrogen-bond acceptors (Lipinski definition) is 4. The van der Waals surface area contributed by atoms with E-state index in [4.69, 9.17) is 0 Å². The number of ketones is 1. The van der Waals surface area contributed by atoms with Crippen LogP contribution in [0.2, 0.25) is 0 Å². The summed E-state index contributed by atoms with van der Waals surface area (Å²) in [7, 11) is 1.95. The van der Waals surface area contributed by atoms with Crippen LogP contribution in [0.5, 0.6) is 0 Å². The molecule has 1 aromatic carbocycles. The van der Waals surface area contributed by atoms with E-state index in [-0.39, 0.29) is 17.0 Å². The number of Topliss-reactive ketones (excluding diaryl/α,β-unsaturated/α-hetero) is 1. The first kappa shape index (κ1) is 12.5. The highest BCUT2D eigenvalue weighted by Crippen LogP contribution is 2.32. The van der Waals surface area contributed by atoms with Crippen LogP contribution in [0.15, 0.2) is 18.2 Å². The van der Waals surface area contributed by atoms with Gasteiger partial charge in [0, 0.05) is 25.3 Å². The highest BCUT2D eigenvalue weighted by atomic mass is 16.6. The molecule has 0 spiro atoms. The lowest BCUT2D eigenvalue weighted by molar-refractivity contribution is -0.385. The van der Waals surface area contributed by atoms with E-state index in [1.165, 1.54) is 25.8 Å². The van der Waals surface area contributed by atoms with Crippen molar-refractivity contribution in [1.82, 2.24) is 0 Å². The van der Waals surface area contributed by atoms with Gasteiger partial charge in [-0.25, -0.2) is 0 Å². The summed E-state index contributed by atoms with van der Waals surface area (Å²) < 4.78 is 0. The molecule has 2 rings (SSSR count). The van der Waals surface area contributed by atoms with Crippen molar-refractivity contribution < 1.29 is 9.72 Å². The molecule has 96 valence electrons. The van der Waals surface area contributed by atoms with Gasteiger partial charge in [0.1, 0.15) is 0 Å². The average molecular weight is 248 g/mol. The standard InChI is InChI=1S/C13H16N2O3/c1-9(16)12-7-11(5-6-13(12)15(17)18)14(2)8-10-3-4-10/h5-7,10H,3-4,8H2,1-2H3. The quantitative estimate of drug-likeness (QED) is 0.456. The minimum absolute atomic E-state index is 0.119. The van der Waals surface area contributed by atoms with Crippen molar-refractivity contribution in [3.63, 3.8) is 0 Å². The zero-order valence-corrected chi connectivity index (χ0v) is 10.5. The van der Waals surface area contributed by atoms with Crippen LogP contribution in [-0.2, 0) is 0 Å². The molecule has 1 aliphatic rings. The third-order valence-electron chi connectivity index (χ3n) is 3.23. The van der Waals surface area contributed by atoms with Crippen LogP contribution in [0.4, 0.5) is 11.4 Å². The lowest BCUT2D eigenvalue weighted by Crippen LogP contribution is -2.20. The molecular weight excluding hydrogens is 232 g/mol. The molecule has 5 nitrogen and oxygen atoms in total. The van der Waals surface area contributed by atoms with E-state index >= 15 is 0 Å². The Balaban J connectivity index is 2.29. The van der Waals surface area contributed by atoms with Crippen LogP contribution >= 0.6 is 0 Å². The Morgan fingerprint density at radius 2 is 2.17 bits per heavy atom. The van der Waals surface area contributed by atoms with Crippen molar-refractivity contribution in [3.8, 4) is 0 Å². The van der Waals surface area contributed by atoms with Gasteiger partial charge < -0.3 is 4.90 Å². The molecule has 18 heavy (non-hydrogen) atoms. The molecule has 1 fully saturated rings. The molecule has 1 aliphatic carbocycles. The predicted octanol–water partition coefficient (Wildman–Crippen LogP) is 2.64. The fourth-order valence-electron chi connectivity index (χ4n) is 2.00. The number of nitro groups is 1. The van der Waals surface area contributed by atoms with E-state index in [1.807, 2.05) is 11.9 Å². The average Bonchev–Trinajstić information content (AvgIpc) is 3.11. The van der Waals surface area contributed by atoms with Gasteiger partial charge >= 0.3 is 0 Å². The molecule has 0 unspecified atom stereocenters. The molecular formula is C13H16N2O3. The number of carbonyl (C=O) groups excluding carboxylic acids is 1. The molecule has 0 saturated heterocycles. The Labute approximate surface area is 106 Å². The van der Waals surface area contributed by atoms with E-state index < -0.39 is 4.92 Å². The van der Waals surface area contributed by atoms with Gasteiger partial charge in [0.15, 0.2) is 5.78 Å². The fourth-order valence-corrected chi connectivity index (χ4v) is 2.00. The number of hydrogen-bond donors (Lipinski definition) is 0. The number of carbonyl (C=O) groups is 1. The molecule has 0 heterocycles. The van der Waals surface area contributed by atoms with Crippen LogP contribution in [0.3, 0.4) is 0 Å². The molecule has 0 aromatic heterocycles. The number of anilines is 1. The summed E-state index contributed by atoms with van der Waals surface area (Å²) in [5, 5.41) is 10.8. The van der Waals surface area contributed by atoms with Crippen LogP contribution < -0.4 is 4.90 Å². The number of rotatable bonds is 5. The van der Waals surface area contributed by atoms with E-state index in [2.05, 4.69) is 0 Å². The molecule has 0 atom stereocenters. The SMILES string of the molecule is CC(=O)c1cc(N(C)CC2CC2)ccc1[N+](=O)[O-]. The highest BCUT2D eigenvalue weighted by Gasteiger charge is 2.24. The van der Waals surface area contributed by atoms with E-state index in [0.717, 1.165) is 18.2 Å². The number of nitro benzene ring substituents is 1. The second kappa shape index (κ2) is 4.76. The monoisotopic (exact) mass is 248 g/mol. The summed E-state index contributed by atoms with van der Waals surface area (Å²) in [6, 6.07) is 4.73. The molecule has 1 aromatic rings. The van der Waals surface area contributed by atoms with Gasteiger partial charge in [-0.05, 0) is 37.8 Å². The maximum absolute atomic E-state index is 11.5. The Morgan fingerprint density at radius 1 is 1.50 bits per heavy atom. The molecule has 0 N–H and O–H groups in total. The Morgan fingerprint density at radius 3 is 2.67 bits per heavy atom. The van der Waals surface area contributed by atoms with Crippen molar-refractivity contribution in [2.45, 2.75) is 19.8 Å². The Bertz CT molecular complexity index is 495. The van der Waals surface area contributed by atoms with Gasteiger partial charge in [-0.3, -0.25) is 14.9 Å².